The van der Waals surface area contributed by atoms with Gasteiger partial charge >= 0.3 is 11.7 Å². The van der Waals surface area contributed by atoms with E-state index in [0.29, 0.717) is 10.6 Å². The van der Waals surface area contributed by atoms with Crippen molar-refractivity contribution in [2.24, 2.45) is 7.05 Å². The molecule has 0 amide bonds. The molecule has 0 aliphatic heterocycles. The molecule has 2 aromatic heterocycles. The summed E-state index contributed by atoms with van der Waals surface area (Å²) in [4.78, 5) is 39.4. The van der Waals surface area contributed by atoms with E-state index < -0.39 is 29.0 Å². The van der Waals surface area contributed by atoms with E-state index in [1.165, 1.54) is 7.05 Å². The van der Waals surface area contributed by atoms with Crippen molar-refractivity contribution in [3.05, 3.63) is 79.2 Å². The highest BCUT2D eigenvalue weighted by Crippen LogP contribution is 2.19. The van der Waals surface area contributed by atoms with Crippen LogP contribution < -0.4 is 11.2 Å². The average molecular weight is 407 g/mol. The van der Waals surface area contributed by atoms with Crippen LogP contribution in [0.5, 0.6) is 0 Å². The van der Waals surface area contributed by atoms with E-state index in [2.05, 4.69) is 10.1 Å². The highest BCUT2D eigenvalue weighted by molar-refractivity contribution is 6.30. The molecule has 28 heavy (non-hydrogen) atoms. The molecule has 3 rings (SSSR count). The molecule has 0 bridgehead atoms. The first kappa shape index (κ1) is 19.5. The zero-order valence-electron chi connectivity index (χ0n) is 14.6. The topological polar surface area (TPSA) is 140 Å². The van der Waals surface area contributed by atoms with E-state index in [0.717, 1.165) is 15.2 Å². The number of aromatic carboxylic acids is 1. The summed E-state index contributed by atoms with van der Waals surface area (Å²) in [6, 6.07) is 7.46. The fourth-order valence-electron chi connectivity index (χ4n) is 2.57. The lowest BCUT2D eigenvalue weighted by molar-refractivity contribution is 0.0683. The number of carboxylic acid groups (broad SMARTS) is 1. The standard InChI is InChI=1S/C17H15ClN4O6/c1-21-11(16(25)26)6-15(24)22(17(21)27)8-14-19-13(20-28-14)7-12(23)9-2-4-10(18)5-3-9/h2-6,12,23H,7-8H2,1H3,(H,25,26). The molecule has 1 aromatic carbocycles. The lowest BCUT2D eigenvalue weighted by Gasteiger charge is -2.08. The Kier molecular flexibility index (Phi) is 5.43. The number of rotatable bonds is 6. The Bertz CT molecular complexity index is 1130. The molecular weight excluding hydrogens is 392 g/mol. The van der Waals surface area contributed by atoms with Crippen molar-refractivity contribution in [3.63, 3.8) is 0 Å². The Morgan fingerprint density at radius 1 is 1.29 bits per heavy atom. The molecule has 0 saturated carbocycles. The summed E-state index contributed by atoms with van der Waals surface area (Å²) >= 11 is 5.81. The van der Waals surface area contributed by atoms with Crippen LogP contribution in [0.1, 0.15) is 33.9 Å². The molecule has 0 saturated heterocycles. The predicted octanol–water partition coefficient (Wildman–Crippen LogP) is 0.606. The minimum atomic E-state index is -1.39. The second-order valence-corrected chi connectivity index (χ2v) is 6.41. The first-order valence-electron chi connectivity index (χ1n) is 8.05. The fourth-order valence-corrected chi connectivity index (χ4v) is 2.70. The third-order valence-electron chi connectivity index (χ3n) is 4.06. The van der Waals surface area contributed by atoms with Gasteiger partial charge in [0.2, 0.25) is 5.89 Å². The number of nitrogens with zero attached hydrogens (tertiary/aromatic N) is 4. The van der Waals surface area contributed by atoms with Crippen LogP contribution in [-0.2, 0) is 20.0 Å². The Labute approximate surface area is 162 Å². The van der Waals surface area contributed by atoms with Crippen molar-refractivity contribution in [2.45, 2.75) is 19.1 Å². The SMILES string of the molecule is Cn1c(C(=O)O)cc(=O)n(Cc2nc(CC(O)c3ccc(Cl)cc3)no2)c1=O. The molecule has 11 heteroatoms. The van der Waals surface area contributed by atoms with Crippen LogP contribution >= 0.6 is 11.6 Å². The van der Waals surface area contributed by atoms with E-state index in [1.807, 2.05) is 0 Å². The molecule has 2 heterocycles. The van der Waals surface area contributed by atoms with Gasteiger partial charge in [0.15, 0.2) is 5.82 Å². The van der Waals surface area contributed by atoms with Gasteiger partial charge in [-0.2, -0.15) is 4.98 Å². The van der Waals surface area contributed by atoms with Crippen LogP contribution in [0.25, 0.3) is 0 Å². The number of aliphatic hydroxyl groups is 1. The third-order valence-corrected chi connectivity index (χ3v) is 4.31. The van der Waals surface area contributed by atoms with Crippen molar-refractivity contribution >= 4 is 17.6 Å². The summed E-state index contributed by atoms with van der Waals surface area (Å²) < 4.78 is 6.65. The molecule has 0 aliphatic rings. The van der Waals surface area contributed by atoms with E-state index in [1.54, 1.807) is 24.3 Å². The molecular formula is C17H15ClN4O6. The smallest absolute Gasteiger partial charge is 0.352 e. The number of aliphatic hydroxyl groups excluding tert-OH is 1. The van der Waals surface area contributed by atoms with Gasteiger partial charge in [-0.15, -0.1) is 0 Å². The lowest BCUT2D eigenvalue weighted by atomic mass is 10.1. The number of benzene rings is 1. The summed E-state index contributed by atoms with van der Waals surface area (Å²) in [6.07, 6.45) is -0.844. The normalized spacial score (nSPS) is 12.1. The van der Waals surface area contributed by atoms with Crippen LogP contribution in [0, 0.1) is 0 Å². The molecule has 1 atom stereocenters. The maximum Gasteiger partial charge on any atom is 0.352 e. The van der Waals surface area contributed by atoms with Crippen LogP contribution in [0.3, 0.4) is 0 Å². The molecule has 1 unspecified atom stereocenters. The lowest BCUT2D eigenvalue weighted by Crippen LogP contribution is -2.41. The van der Waals surface area contributed by atoms with Crippen LogP contribution in [-0.4, -0.2) is 35.5 Å². The molecule has 146 valence electrons. The van der Waals surface area contributed by atoms with Crippen molar-refractivity contribution < 1.29 is 19.5 Å². The highest BCUT2D eigenvalue weighted by atomic mass is 35.5. The summed E-state index contributed by atoms with van der Waals surface area (Å²) in [5.41, 5.74) is -1.44. The first-order chi connectivity index (χ1) is 13.3. The van der Waals surface area contributed by atoms with Gasteiger partial charge in [0.1, 0.15) is 12.2 Å². The Morgan fingerprint density at radius 3 is 2.61 bits per heavy atom. The second-order valence-electron chi connectivity index (χ2n) is 5.98. The molecule has 0 spiro atoms. The van der Waals surface area contributed by atoms with Gasteiger partial charge in [0, 0.05) is 24.6 Å². The minimum absolute atomic E-state index is 0.0272. The van der Waals surface area contributed by atoms with Crippen molar-refractivity contribution in [1.29, 1.82) is 0 Å². The summed E-state index contributed by atoms with van der Waals surface area (Å²) in [5, 5.41) is 23.5. The van der Waals surface area contributed by atoms with Crippen molar-refractivity contribution in [2.75, 3.05) is 0 Å². The highest BCUT2D eigenvalue weighted by Gasteiger charge is 2.18. The van der Waals surface area contributed by atoms with E-state index in [4.69, 9.17) is 21.2 Å². The minimum Gasteiger partial charge on any atom is -0.477 e. The zero-order valence-corrected chi connectivity index (χ0v) is 15.3. The number of hydrogen-bond acceptors (Lipinski definition) is 7. The summed E-state index contributed by atoms with van der Waals surface area (Å²) in [5.74, 6) is -1.23. The number of aromatic nitrogens is 4. The zero-order chi connectivity index (χ0) is 20.4. The van der Waals surface area contributed by atoms with Gasteiger partial charge in [0.05, 0.1) is 6.10 Å². The quantitative estimate of drug-likeness (QED) is 0.606. The molecule has 0 aliphatic carbocycles. The monoisotopic (exact) mass is 406 g/mol. The Morgan fingerprint density at radius 2 is 1.96 bits per heavy atom. The number of carboxylic acids is 1. The van der Waals surface area contributed by atoms with E-state index in [9.17, 15) is 19.5 Å². The number of carbonyl (C=O) groups is 1. The second kappa shape index (κ2) is 7.79. The van der Waals surface area contributed by atoms with Crippen LogP contribution in [0.15, 0.2) is 44.4 Å². The van der Waals surface area contributed by atoms with E-state index >= 15 is 0 Å². The molecule has 2 N–H and O–H groups in total. The molecule has 0 fully saturated rings. The summed E-state index contributed by atoms with van der Waals surface area (Å²) in [6.45, 7) is -0.324. The van der Waals surface area contributed by atoms with Crippen molar-refractivity contribution in [3.8, 4) is 0 Å². The first-order valence-corrected chi connectivity index (χ1v) is 8.43. The van der Waals surface area contributed by atoms with Crippen LogP contribution in [0.4, 0.5) is 0 Å². The Balaban J connectivity index is 1.79. The predicted molar refractivity (Wildman–Crippen MR) is 96.4 cm³/mol. The molecule has 0 radical (unpaired) electrons. The Hall–Kier alpha value is -3.24. The molecule has 10 nitrogen and oxygen atoms in total. The van der Waals surface area contributed by atoms with Gasteiger partial charge in [-0.1, -0.05) is 28.9 Å². The van der Waals surface area contributed by atoms with Crippen LogP contribution in [0.2, 0.25) is 5.02 Å². The summed E-state index contributed by atoms with van der Waals surface area (Å²) in [7, 11) is 1.24. The molecule has 3 aromatic rings. The third kappa shape index (κ3) is 4.02. The van der Waals surface area contributed by atoms with Gasteiger partial charge in [-0.3, -0.25) is 13.9 Å². The van der Waals surface area contributed by atoms with E-state index in [-0.39, 0.29) is 24.7 Å². The van der Waals surface area contributed by atoms with Gasteiger partial charge < -0.3 is 14.7 Å². The van der Waals surface area contributed by atoms with Gasteiger partial charge in [-0.05, 0) is 17.7 Å². The number of hydrogen-bond donors (Lipinski definition) is 2. The van der Waals surface area contributed by atoms with Crippen molar-refractivity contribution in [1.82, 2.24) is 19.3 Å². The largest absolute Gasteiger partial charge is 0.477 e. The number of halogens is 1. The maximum absolute atomic E-state index is 12.2. The van der Waals surface area contributed by atoms with Gasteiger partial charge in [0.25, 0.3) is 5.56 Å². The van der Waals surface area contributed by atoms with Gasteiger partial charge in [-0.25, -0.2) is 9.59 Å². The maximum atomic E-state index is 12.2. The average Bonchev–Trinajstić information content (AvgIpc) is 3.09. The fraction of sp³-hybridized carbons (Fsp3) is 0.235.